The van der Waals surface area contributed by atoms with Crippen LogP contribution in [0.4, 0.5) is 0 Å². The summed E-state index contributed by atoms with van der Waals surface area (Å²) in [6.07, 6.45) is 3.41. The fourth-order valence-corrected chi connectivity index (χ4v) is 4.69. The second-order valence-corrected chi connectivity index (χ2v) is 7.72. The maximum Gasteiger partial charge on any atom is 0.260 e. The van der Waals surface area contributed by atoms with Gasteiger partial charge in [0.2, 0.25) is 0 Å². The van der Waals surface area contributed by atoms with Crippen molar-refractivity contribution in [1.29, 1.82) is 0 Å². The van der Waals surface area contributed by atoms with Crippen molar-refractivity contribution in [3.8, 4) is 0 Å². The van der Waals surface area contributed by atoms with Crippen molar-refractivity contribution in [2.45, 2.75) is 43.1 Å². The Morgan fingerprint density at radius 3 is 2.95 bits per heavy atom. The van der Waals surface area contributed by atoms with Crippen LogP contribution in [0.2, 0.25) is 0 Å². The summed E-state index contributed by atoms with van der Waals surface area (Å²) in [7, 11) is -3.65. The summed E-state index contributed by atoms with van der Waals surface area (Å²) in [4.78, 5) is 0. The molecule has 2 heterocycles. The SMILES string of the molecule is Cc1[nH]nc(S(=O)(=O)NCC2CCCCS2)c1CO. The first-order valence-corrected chi connectivity index (χ1v) is 8.83. The topological polar surface area (TPSA) is 95.1 Å². The van der Waals surface area contributed by atoms with Gasteiger partial charge in [-0.2, -0.15) is 16.9 Å². The molecule has 8 heteroatoms. The molecule has 108 valence electrons. The first kappa shape index (κ1) is 14.8. The van der Waals surface area contributed by atoms with Crippen molar-refractivity contribution in [2.24, 2.45) is 0 Å². The number of thioether (sulfide) groups is 1. The third-order valence-corrected chi connectivity index (χ3v) is 6.02. The molecular formula is C11H19N3O3S2. The van der Waals surface area contributed by atoms with Crippen LogP contribution in [0.1, 0.15) is 30.5 Å². The Balaban J connectivity index is 2.05. The second kappa shape index (κ2) is 6.25. The summed E-state index contributed by atoms with van der Waals surface area (Å²) < 4.78 is 26.9. The average molecular weight is 305 g/mol. The molecule has 0 radical (unpaired) electrons. The molecule has 0 amide bonds. The van der Waals surface area contributed by atoms with E-state index in [1.807, 2.05) is 11.8 Å². The number of nitrogens with zero attached hydrogens (tertiary/aromatic N) is 1. The number of aromatic amines is 1. The van der Waals surface area contributed by atoms with Crippen molar-refractivity contribution >= 4 is 21.8 Å². The van der Waals surface area contributed by atoms with E-state index in [0.29, 0.717) is 23.1 Å². The van der Waals surface area contributed by atoms with Crippen LogP contribution >= 0.6 is 11.8 Å². The van der Waals surface area contributed by atoms with Gasteiger partial charge in [0.15, 0.2) is 5.03 Å². The largest absolute Gasteiger partial charge is 0.392 e. The van der Waals surface area contributed by atoms with Crippen LogP contribution in [-0.4, -0.2) is 41.3 Å². The lowest BCUT2D eigenvalue weighted by molar-refractivity contribution is 0.277. The van der Waals surface area contributed by atoms with Crippen LogP contribution in [0.25, 0.3) is 0 Å². The van der Waals surface area contributed by atoms with Gasteiger partial charge in [-0.05, 0) is 25.5 Å². The third kappa shape index (κ3) is 3.50. The zero-order chi connectivity index (χ0) is 13.9. The van der Waals surface area contributed by atoms with E-state index in [9.17, 15) is 13.5 Å². The van der Waals surface area contributed by atoms with Crippen LogP contribution in [0.5, 0.6) is 0 Å². The van der Waals surface area contributed by atoms with Crippen LogP contribution in [0, 0.1) is 6.92 Å². The highest BCUT2D eigenvalue weighted by Crippen LogP contribution is 2.25. The Hall–Kier alpha value is -0.570. The number of sulfonamides is 1. The van der Waals surface area contributed by atoms with E-state index in [1.165, 1.54) is 6.42 Å². The molecule has 1 aliphatic rings. The lowest BCUT2D eigenvalue weighted by Gasteiger charge is -2.21. The Bertz CT molecular complexity index is 521. The maximum atomic E-state index is 12.2. The number of aromatic nitrogens is 2. The molecular weight excluding hydrogens is 286 g/mol. The molecule has 6 nitrogen and oxygen atoms in total. The van der Waals surface area contributed by atoms with E-state index in [-0.39, 0.29) is 11.6 Å². The highest BCUT2D eigenvalue weighted by atomic mass is 32.2. The zero-order valence-corrected chi connectivity index (χ0v) is 12.5. The monoisotopic (exact) mass is 305 g/mol. The fourth-order valence-electron chi connectivity index (χ4n) is 2.08. The van der Waals surface area contributed by atoms with Crippen LogP contribution in [0.15, 0.2) is 5.03 Å². The molecule has 1 aliphatic heterocycles. The van der Waals surface area contributed by atoms with E-state index >= 15 is 0 Å². The van der Waals surface area contributed by atoms with E-state index in [2.05, 4.69) is 14.9 Å². The molecule has 0 saturated carbocycles. The van der Waals surface area contributed by atoms with Gasteiger partial charge in [-0.3, -0.25) is 5.10 Å². The normalized spacial score (nSPS) is 20.6. The van der Waals surface area contributed by atoms with Crippen molar-refractivity contribution < 1.29 is 13.5 Å². The van der Waals surface area contributed by atoms with Gasteiger partial charge in [-0.15, -0.1) is 0 Å². The van der Waals surface area contributed by atoms with E-state index in [1.54, 1.807) is 6.92 Å². The highest BCUT2D eigenvalue weighted by Gasteiger charge is 2.25. The summed E-state index contributed by atoms with van der Waals surface area (Å²) >= 11 is 1.81. The number of nitrogens with one attached hydrogen (secondary N) is 2. The van der Waals surface area contributed by atoms with Gasteiger partial charge in [0.05, 0.1) is 6.61 Å². The quantitative estimate of drug-likeness (QED) is 0.747. The highest BCUT2D eigenvalue weighted by molar-refractivity contribution is 8.00. The van der Waals surface area contributed by atoms with Gasteiger partial charge >= 0.3 is 0 Å². The standard InChI is InChI=1S/C11H19N3O3S2/c1-8-10(7-15)11(14-13-8)19(16,17)12-6-9-4-2-3-5-18-9/h9,12,15H,2-7H2,1H3,(H,13,14). The predicted octanol–water partition coefficient (Wildman–Crippen LogP) is 0.774. The molecule has 19 heavy (non-hydrogen) atoms. The summed E-state index contributed by atoms with van der Waals surface area (Å²) in [6, 6.07) is 0. The Morgan fingerprint density at radius 2 is 2.32 bits per heavy atom. The van der Waals surface area contributed by atoms with Crippen molar-refractivity contribution in [3.05, 3.63) is 11.3 Å². The average Bonchev–Trinajstić information content (AvgIpc) is 2.79. The molecule has 0 spiro atoms. The third-order valence-electron chi connectivity index (χ3n) is 3.22. The van der Waals surface area contributed by atoms with Crippen molar-refractivity contribution in [3.63, 3.8) is 0 Å². The van der Waals surface area contributed by atoms with Crippen LogP contribution in [0.3, 0.4) is 0 Å². The molecule has 1 aromatic heterocycles. The van der Waals surface area contributed by atoms with Crippen LogP contribution < -0.4 is 4.72 Å². The van der Waals surface area contributed by atoms with Crippen molar-refractivity contribution in [2.75, 3.05) is 12.3 Å². The molecule has 2 rings (SSSR count). The van der Waals surface area contributed by atoms with E-state index < -0.39 is 10.0 Å². The zero-order valence-electron chi connectivity index (χ0n) is 10.8. The van der Waals surface area contributed by atoms with Gasteiger partial charge in [-0.25, -0.2) is 13.1 Å². The van der Waals surface area contributed by atoms with E-state index in [4.69, 9.17) is 0 Å². The van der Waals surface area contributed by atoms with Gasteiger partial charge in [0, 0.05) is 23.1 Å². The smallest absolute Gasteiger partial charge is 0.260 e. The molecule has 1 saturated heterocycles. The minimum Gasteiger partial charge on any atom is -0.392 e. The first-order valence-electron chi connectivity index (χ1n) is 6.30. The summed E-state index contributed by atoms with van der Waals surface area (Å²) in [5, 5.41) is 15.8. The van der Waals surface area contributed by atoms with Crippen molar-refractivity contribution in [1.82, 2.24) is 14.9 Å². The lowest BCUT2D eigenvalue weighted by atomic mass is 10.2. The molecule has 0 aliphatic carbocycles. The van der Waals surface area contributed by atoms with Gasteiger partial charge in [0.1, 0.15) is 0 Å². The lowest BCUT2D eigenvalue weighted by Crippen LogP contribution is -2.32. The molecule has 1 atom stereocenters. The first-order chi connectivity index (χ1) is 9.04. The number of aryl methyl sites for hydroxylation is 1. The molecule has 1 aromatic rings. The summed E-state index contributed by atoms with van der Waals surface area (Å²) in [5.74, 6) is 1.09. The molecule has 0 aromatic carbocycles. The number of rotatable bonds is 5. The van der Waals surface area contributed by atoms with Gasteiger partial charge in [0.25, 0.3) is 10.0 Å². The van der Waals surface area contributed by atoms with E-state index in [0.717, 1.165) is 18.6 Å². The predicted molar refractivity (Wildman–Crippen MR) is 74.5 cm³/mol. The number of hydrogen-bond donors (Lipinski definition) is 3. The Morgan fingerprint density at radius 1 is 1.53 bits per heavy atom. The maximum absolute atomic E-state index is 12.2. The molecule has 3 N–H and O–H groups in total. The fraction of sp³-hybridized carbons (Fsp3) is 0.727. The van der Waals surface area contributed by atoms with Crippen LogP contribution in [-0.2, 0) is 16.6 Å². The minimum atomic E-state index is -3.65. The van der Waals surface area contributed by atoms with Gasteiger partial charge < -0.3 is 5.11 Å². The summed E-state index contributed by atoms with van der Waals surface area (Å²) in [5.41, 5.74) is 0.915. The molecule has 1 fully saturated rings. The Kier molecular flexibility index (Phi) is 4.88. The molecule has 0 bridgehead atoms. The minimum absolute atomic E-state index is 0.0895. The summed E-state index contributed by atoms with van der Waals surface area (Å²) in [6.45, 7) is 1.77. The number of H-pyrrole nitrogens is 1. The number of aliphatic hydroxyl groups excluding tert-OH is 1. The number of aliphatic hydroxyl groups is 1. The number of hydrogen-bond acceptors (Lipinski definition) is 5. The Labute approximate surface area is 117 Å². The second-order valence-electron chi connectivity index (χ2n) is 4.63. The molecule has 1 unspecified atom stereocenters. The van der Waals surface area contributed by atoms with Gasteiger partial charge in [-0.1, -0.05) is 6.42 Å².